The highest BCUT2D eigenvalue weighted by molar-refractivity contribution is 5.86. The van der Waals surface area contributed by atoms with Gasteiger partial charge in [-0.05, 0) is 33.5 Å². The van der Waals surface area contributed by atoms with Crippen LogP contribution >= 0.6 is 0 Å². The van der Waals surface area contributed by atoms with Gasteiger partial charge in [0.15, 0.2) is 0 Å². The van der Waals surface area contributed by atoms with Crippen molar-refractivity contribution >= 4 is 5.97 Å². The molecule has 0 bridgehead atoms. The zero-order valence-corrected chi connectivity index (χ0v) is 10.9. The highest BCUT2D eigenvalue weighted by Gasteiger charge is 2.23. The minimum Gasteiger partial charge on any atom is -0.477 e. The summed E-state index contributed by atoms with van der Waals surface area (Å²) in [6, 6.07) is 0.555. The number of aromatic carboxylic acids is 1. The molecule has 2 heterocycles. The summed E-state index contributed by atoms with van der Waals surface area (Å²) in [4.78, 5) is 15.5. The number of nitrogens with zero attached hydrogens (tertiary/aromatic N) is 3. The van der Waals surface area contributed by atoms with Crippen molar-refractivity contribution in [3.05, 3.63) is 17.5 Å². The van der Waals surface area contributed by atoms with E-state index >= 15 is 0 Å². The quantitative estimate of drug-likeness (QED) is 0.822. The molecule has 6 nitrogen and oxygen atoms in total. The Bertz CT molecular complexity index is 416. The summed E-state index contributed by atoms with van der Waals surface area (Å²) >= 11 is 0. The van der Waals surface area contributed by atoms with Gasteiger partial charge >= 0.3 is 5.97 Å². The maximum atomic E-state index is 11.0. The van der Waals surface area contributed by atoms with Crippen LogP contribution in [0.3, 0.4) is 0 Å². The molecule has 1 aromatic heterocycles. The normalized spacial score (nSPS) is 21.4. The second-order valence-corrected chi connectivity index (χ2v) is 5.07. The first-order chi connectivity index (χ1) is 8.58. The lowest BCUT2D eigenvalue weighted by Gasteiger charge is -2.36. The highest BCUT2D eigenvalue weighted by atomic mass is 16.4. The molecule has 2 rings (SSSR count). The number of aromatic amines is 1. The van der Waals surface area contributed by atoms with Gasteiger partial charge in [-0.25, -0.2) is 4.79 Å². The number of carboxylic acid groups (broad SMARTS) is 1. The van der Waals surface area contributed by atoms with Crippen molar-refractivity contribution in [1.29, 1.82) is 0 Å². The fourth-order valence-electron chi connectivity index (χ4n) is 2.45. The van der Waals surface area contributed by atoms with E-state index in [1.807, 2.05) is 0 Å². The molecule has 1 aromatic rings. The zero-order valence-electron chi connectivity index (χ0n) is 10.9. The Morgan fingerprint density at radius 2 is 2.44 bits per heavy atom. The number of aromatic nitrogens is 2. The molecule has 0 aromatic carbocycles. The number of rotatable bonds is 4. The summed E-state index contributed by atoms with van der Waals surface area (Å²) < 4.78 is 0. The summed E-state index contributed by atoms with van der Waals surface area (Å²) in [5, 5.41) is 15.4. The van der Waals surface area contributed by atoms with Crippen molar-refractivity contribution < 1.29 is 9.90 Å². The van der Waals surface area contributed by atoms with E-state index in [2.05, 4.69) is 34.1 Å². The van der Waals surface area contributed by atoms with E-state index in [0.29, 0.717) is 12.6 Å². The van der Waals surface area contributed by atoms with Crippen LogP contribution < -0.4 is 0 Å². The molecule has 0 radical (unpaired) electrons. The molecule has 100 valence electrons. The van der Waals surface area contributed by atoms with Crippen molar-refractivity contribution in [1.82, 2.24) is 20.0 Å². The molecular weight excluding hydrogens is 232 g/mol. The molecule has 1 fully saturated rings. The Balaban J connectivity index is 2.00. The van der Waals surface area contributed by atoms with Crippen LogP contribution in [-0.4, -0.2) is 64.3 Å². The van der Waals surface area contributed by atoms with Crippen molar-refractivity contribution in [3.8, 4) is 0 Å². The third-order valence-corrected chi connectivity index (χ3v) is 3.54. The van der Waals surface area contributed by atoms with E-state index < -0.39 is 5.97 Å². The van der Waals surface area contributed by atoms with Crippen molar-refractivity contribution in [2.45, 2.75) is 25.4 Å². The molecule has 1 aliphatic rings. The Morgan fingerprint density at radius 3 is 3.11 bits per heavy atom. The van der Waals surface area contributed by atoms with Crippen molar-refractivity contribution in [2.75, 3.05) is 27.2 Å². The zero-order chi connectivity index (χ0) is 13.1. The average molecular weight is 252 g/mol. The fraction of sp³-hybridized carbons (Fsp3) is 0.667. The molecule has 1 saturated heterocycles. The van der Waals surface area contributed by atoms with Crippen LogP contribution in [0.25, 0.3) is 0 Å². The Kier molecular flexibility index (Phi) is 3.98. The summed E-state index contributed by atoms with van der Waals surface area (Å²) in [5.74, 6) is -0.941. The molecule has 1 aliphatic heterocycles. The van der Waals surface area contributed by atoms with Gasteiger partial charge in [-0.15, -0.1) is 0 Å². The summed E-state index contributed by atoms with van der Waals surface area (Å²) in [6.07, 6.45) is 3.98. The van der Waals surface area contributed by atoms with Crippen molar-refractivity contribution in [2.24, 2.45) is 0 Å². The molecule has 0 amide bonds. The van der Waals surface area contributed by atoms with Crippen LogP contribution in [0.5, 0.6) is 0 Å². The topological polar surface area (TPSA) is 72.5 Å². The lowest BCUT2D eigenvalue weighted by molar-refractivity contribution is 0.0686. The molecule has 18 heavy (non-hydrogen) atoms. The van der Waals surface area contributed by atoms with Gasteiger partial charge in [0.25, 0.3) is 0 Å². The number of piperidine rings is 1. The van der Waals surface area contributed by atoms with Gasteiger partial charge in [0.2, 0.25) is 0 Å². The van der Waals surface area contributed by atoms with E-state index in [4.69, 9.17) is 5.11 Å². The van der Waals surface area contributed by atoms with Crippen LogP contribution in [0.1, 0.15) is 28.9 Å². The first-order valence-corrected chi connectivity index (χ1v) is 6.22. The van der Waals surface area contributed by atoms with Crippen LogP contribution in [0.2, 0.25) is 0 Å². The Labute approximate surface area is 107 Å². The Morgan fingerprint density at radius 1 is 1.67 bits per heavy atom. The Hall–Kier alpha value is -1.40. The van der Waals surface area contributed by atoms with Gasteiger partial charge in [-0.3, -0.25) is 10.00 Å². The number of carboxylic acids is 1. The maximum Gasteiger partial charge on any atom is 0.354 e. The number of carbonyl (C=O) groups is 1. The number of nitrogens with one attached hydrogen (secondary N) is 1. The number of likely N-dealkylation sites (tertiary alicyclic amines) is 1. The number of hydrogen-bond acceptors (Lipinski definition) is 4. The monoisotopic (exact) mass is 252 g/mol. The summed E-state index contributed by atoms with van der Waals surface area (Å²) in [7, 11) is 4.18. The minimum atomic E-state index is -0.941. The van der Waals surface area contributed by atoms with E-state index in [1.54, 1.807) is 6.20 Å². The summed E-state index contributed by atoms with van der Waals surface area (Å²) in [5.41, 5.74) is 0.976. The third kappa shape index (κ3) is 2.88. The third-order valence-electron chi connectivity index (χ3n) is 3.54. The molecule has 6 heteroatoms. The van der Waals surface area contributed by atoms with Crippen LogP contribution in [0.15, 0.2) is 6.20 Å². The van der Waals surface area contributed by atoms with Gasteiger partial charge in [0.05, 0.1) is 6.20 Å². The van der Waals surface area contributed by atoms with Crippen LogP contribution in [-0.2, 0) is 6.54 Å². The summed E-state index contributed by atoms with van der Waals surface area (Å²) in [6.45, 7) is 2.66. The first kappa shape index (κ1) is 13.0. The van der Waals surface area contributed by atoms with Crippen molar-refractivity contribution in [3.63, 3.8) is 0 Å². The standard InChI is InChI=1S/C12H20N4O2/c1-15(2)10-4-3-5-16(8-10)7-9-6-13-14-11(9)12(17)18/h6,10H,3-5,7-8H2,1-2H3,(H,13,14)(H,17,18). The largest absolute Gasteiger partial charge is 0.477 e. The van der Waals surface area contributed by atoms with Gasteiger partial charge in [-0.2, -0.15) is 5.10 Å². The molecular formula is C12H20N4O2. The van der Waals surface area contributed by atoms with E-state index in [0.717, 1.165) is 25.1 Å². The molecule has 0 aliphatic carbocycles. The minimum absolute atomic E-state index is 0.210. The van der Waals surface area contributed by atoms with E-state index in [9.17, 15) is 4.79 Å². The van der Waals surface area contributed by atoms with Gasteiger partial charge < -0.3 is 10.0 Å². The fourth-order valence-corrected chi connectivity index (χ4v) is 2.45. The first-order valence-electron chi connectivity index (χ1n) is 6.22. The molecule has 0 saturated carbocycles. The predicted octanol–water partition coefficient (Wildman–Crippen LogP) is 0.634. The van der Waals surface area contributed by atoms with E-state index in [1.165, 1.54) is 6.42 Å². The second kappa shape index (κ2) is 5.49. The molecule has 0 spiro atoms. The number of likely N-dealkylation sites (N-methyl/N-ethyl adjacent to an activating group) is 1. The van der Waals surface area contributed by atoms with E-state index in [-0.39, 0.29) is 5.69 Å². The van der Waals surface area contributed by atoms with Crippen LogP contribution in [0.4, 0.5) is 0 Å². The molecule has 1 unspecified atom stereocenters. The molecule has 2 N–H and O–H groups in total. The van der Waals surface area contributed by atoms with Gasteiger partial charge in [0.1, 0.15) is 5.69 Å². The van der Waals surface area contributed by atoms with Crippen LogP contribution in [0, 0.1) is 0 Å². The molecule has 1 atom stereocenters. The number of H-pyrrole nitrogens is 1. The predicted molar refractivity (Wildman–Crippen MR) is 67.5 cm³/mol. The highest BCUT2D eigenvalue weighted by Crippen LogP contribution is 2.17. The smallest absolute Gasteiger partial charge is 0.354 e. The maximum absolute atomic E-state index is 11.0. The lowest BCUT2D eigenvalue weighted by atomic mass is 10.0. The average Bonchev–Trinajstić information content (AvgIpc) is 2.77. The second-order valence-electron chi connectivity index (χ2n) is 5.07. The lowest BCUT2D eigenvalue weighted by Crippen LogP contribution is -2.44. The van der Waals surface area contributed by atoms with Gasteiger partial charge in [-0.1, -0.05) is 0 Å². The van der Waals surface area contributed by atoms with Gasteiger partial charge in [0, 0.05) is 24.7 Å². The SMILES string of the molecule is CN(C)C1CCCN(Cc2cn[nH]c2C(=O)O)C1. The number of hydrogen-bond donors (Lipinski definition) is 2.